The first-order valence-corrected chi connectivity index (χ1v) is 19.3. The lowest BCUT2D eigenvalue weighted by atomic mass is 9.84. The summed E-state index contributed by atoms with van der Waals surface area (Å²) in [6, 6.07) is 38.9. The molecule has 0 aliphatic carbocycles. The summed E-state index contributed by atoms with van der Waals surface area (Å²) >= 11 is 0. The van der Waals surface area contributed by atoms with E-state index in [0.29, 0.717) is 46.3 Å². The van der Waals surface area contributed by atoms with Gasteiger partial charge in [0.1, 0.15) is 34.6 Å². The van der Waals surface area contributed by atoms with Crippen LogP contribution in [0.25, 0.3) is 66.3 Å². The maximum Gasteiger partial charge on any atom is 0.258 e. The van der Waals surface area contributed by atoms with Crippen LogP contribution in [0.4, 0.5) is 0 Å². The van der Waals surface area contributed by atoms with Gasteiger partial charge >= 0.3 is 0 Å². The van der Waals surface area contributed by atoms with Gasteiger partial charge in [-0.2, -0.15) is 0 Å². The summed E-state index contributed by atoms with van der Waals surface area (Å²) in [4.78, 5) is 44.3. The Balaban J connectivity index is 1.18. The first-order valence-electron chi connectivity index (χ1n) is 19.3. The molecule has 0 aliphatic rings. The van der Waals surface area contributed by atoms with Crippen LogP contribution < -0.4 is 30.1 Å². The van der Waals surface area contributed by atoms with Crippen molar-refractivity contribution in [1.29, 1.82) is 0 Å². The molecule has 0 spiro atoms. The summed E-state index contributed by atoms with van der Waals surface area (Å²) in [6.45, 7) is 4.16. The van der Waals surface area contributed by atoms with Crippen LogP contribution in [0, 0.1) is 5.41 Å². The highest BCUT2D eigenvalue weighted by atomic mass is 16.5. The fourth-order valence-electron chi connectivity index (χ4n) is 7.60. The number of nitrogens with zero attached hydrogens (tertiary/aromatic N) is 2. The van der Waals surface area contributed by atoms with Gasteiger partial charge in [0.05, 0.1) is 50.2 Å². The molecule has 0 unspecified atom stereocenters. The van der Waals surface area contributed by atoms with Crippen molar-refractivity contribution in [2.45, 2.75) is 26.7 Å². The fraction of sp³-hybridized carbons (Fsp3) is 0.184. The van der Waals surface area contributed by atoms with Gasteiger partial charge < -0.3 is 28.9 Å². The molecule has 8 aromatic rings. The molecule has 2 heterocycles. The molecule has 0 fully saturated rings. The number of aromatic nitrogens is 4. The number of ether oxygens (including phenoxy) is 4. The van der Waals surface area contributed by atoms with Crippen molar-refractivity contribution >= 4 is 21.8 Å². The molecule has 0 amide bonds. The van der Waals surface area contributed by atoms with Gasteiger partial charge in [-0.15, -0.1) is 0 Å². The lowest BCUT2D eigenvalue weighted by molar-refractivity contribution is 0.344. The second kappa shape index (κ2) is 16.0. The minimum atomic E-state index is -0.486. The van der Waals surface area contributed by atoms with E-state index in [4.69, 9.17) is 28.9 Å². The largest absolute Gasteiger partial charge is 0.497 e. The third-order valence-corrected chi connectivity index (χ3v) is 10.7. The van der Waals surface area contributed by atoms with E-state index in [2.05, 4.69) is 35.9 Å². The minimum Gasteiger partial charge on any atom is -0.497 e. The third-order valence-electron chi connectivity index (χ3n) is 10.7. The number of nitrogens with one attached hydrogen (secondary N) is 2. The van der Waals surface area contributed by atoms with E-state index in [-0.39, 0.29) is 11.1 Å². The molecule has 2 aromatic heterocycles. The van der Waals surface area contributed by atoms with Crippen LogP contribution in [-0.2, 0) is 12.8 Å². The van der Waals surface area contributed by atoms with Crippen molar-refractivity contribution < 1.29 is 18.9 Å². The zero-order valence-corrected chi connectivity index (χ0v) is 33.8. The van der Waals surface area contributed by atoms with E-state index >= 15 is 0 Å². The normalized spacial score (nSPS) is 11.5. The Morgan fingerprint density at radius 2 is 0.746 bits per heavy atom. The van der Waals surface area contributed by atoms with Gasteiger partial charge in [0, 0.05) is 24.0 Å². The Hall–Kier alpha value is -7.20. The van der Waals surface area contributed by atoms with E-state index in [1.807, 2.05) is 109 Å². The standard InChI is InChI=1S/C49H44N4O6/c1-49(2,27-43-50-45-39(31-11-19-37(58-5)20-12-31)23-33(25-41(45)47(54)52-43)29-7-15-35(56-3)16-8-29)28-44-51-46-40(32-13-21-38(59-6)22-14-32)24-34(26-42(46)48(55)53-44)30-9-17-36(57-4)18-10-30/h7-26H,27-28H2,1-6H3,(H,50,52,54)(H,51,53,55). The zero-order chi connectivity index (χ0) is 41.3. The van der Waals surface area contributed by atoms with Gasteiger partial charge in [-0.3, -0.25) is 9.59 Å². The van der Waals surface area contributed by atoms with E-state index < -0.39 is 5.41 Å². The molecule has 59 heavy (non-hydrogen) atoms. The molecule has 0 aliphatic heterocycles. The predicted octanol–water partition coefficient (Wildman–Crippen LogP) is 9.67. The van der Waals surface area contributed by atoms with Gasteiger partial charge in [0.15, 0.2) is 0 Å². The molecular weight excluding hydrogens is 741 g/mol. The van der Waals surface area contributed by atoms with Gasteiger partial charge in [-0.25, -0.2) is 9.97 Å². The molecule has 0 bridgehead atoms. The van der Waals surface area contributed by atoms with Crippen LogP contribution in [-0.4, -0.2) is 48.4 Å². The van der Waals surface area contributed by atoms with Crippen LogP contribution in [0.1, 0.15) is 25.5 Å². The zero-order valence-electron chi connectivity index (χ0n) is 33.8. The second-order valence-corrected chi connectivity index (χ2v) is 15.3. The molecule has 2 N–H and O–H groups in total. The molecule has 0 radical (unpaired) electrons. The minimum absolute atomic E-state index is 0.236. The Kier molecular flexibility index (Phi) is 10.5. The number of methoxy groups -OCH3 is 4. The summed E-state index contributed by atoms with van der Waals surface area (Å²) in [5, 5.41) is 0.956. The van der Waals surface area contributed by atoms with Gasteiger partial charge in [0.2, 0.25) is 0 Å². The topological polar surface area (TPSA) is 128 Å². The average molecular weight is 785 g/mol. The molecule has 296 valence electrons. The predicted molar refractivity (Wildman–Crippen MR) is 234 cm³/mol. The molecule has 8 rings (SSSR count). The number of rotatable bonds is 12. The van der Waals surface area contributed by atoms with Gasteiger partial charge in [-0.1, -0.05) is 62.4 Å². The number of fused-ring (bicyclic) bond motifs is 2. The van der Waals surface area contributed by atoms with E-state index in [9.17, 15) is 9.59 Å². The van der Waals surface area contributed by atoms with Crippen LogP contribution in [0.3, 0.4) is 0 Å². The summed E-state index contributed by atoms with van der Waals surface area (Å²) in [5.74, 6) is 4.02. The molecule has 0 atom stereocenters. The van der Waals surface area contributed by atoms with Crippen molar-refractivity contribution in [2.75, 3.05) is 28.4 Å². The monoisotopic (exact) mass is 784 g/mol. The SMILES string of the molecule is COc1ccc(-c2cc(-c3ccc(OC)cc3)c3nc(CC(C)(C)Cc4nc5c(-c6ccc(OC)cc6)cc(-c6ccc(OC)cc6)cc5c(=O)[nH]4)[nH]c(=O)c3c2)cc1. The van der Waals surface area contributed by atoms with Gasteiger partial charge in [0.25, 0.3) is 11.1 Å². The lowest BCUT2D eigenvalue weighted by Crippen LogP contribution is -2.25. The van der Waals surface area contributed by atoms with Crippen molar-refractivity contribution in [3.63, 3.8) is 0 Å². The Morgan fingerprint density at radius 3 is 1.05 bits per heavy atom. The van der Waals surface area contributed by atoms with E-state index in [1.165, 1.54) is 0 Å². The van der Waals surface area contributed by atoms with Crippen molar-refractivity contribution in [3.05, 3.63) is 154 Å². The molecule has 6 aromatic carbocycles. The lowest BCUT2D eigenvalue weighted by Gasteiger charge is -2.24. The first-order chi connectivity index (χ1) is 28.5. The summed E-state index contributed by atoms with van der Waals surface area (Å²) in [5.41, 5.74) is 7.30. The third kappa shape index (κ3) is 8.02. The van der Waals surface area contributed by atoms with Crippen molar-refractivity contribution in [3.8, 4) is 67.5 Å². The van der Waals surface area contributed by atoms with Crippen LogP contribution in [0.5, 0.6) is 23.0 Å². The molecule has 0 saturated carbocycles. The maximum atomic E-state index is 14.0. The van der Waals surface area contributed by atoms with E-state index in [1.54, 1.807) is 28.4 Å². The van der Waals surface area contributed by atoms with Gasteiger partial charge in [-0.05, 0) is 112 Å². The molecule has 0 saturated heterocycles. The number of benzene rings is 6. The Bertz CT molecular complexity index is 2720. The highest BCUT2D eigenvalue weighted by molar-refractivity contribution is 5.98. The smallest absolute Gasteiger partial charge is 0.258 e. The van der Waals surface area contributed by atoms with Crippen LogP contribution >= 0.6 is 0 Å². The highest BCUT2D eigenvalue weighted by Gasteiger charge is 2.25. The van der Waals surface area contributed by atoms with E-state index in [0.717, 1.165) is 67.5 Å². The Morgan fingerprint density at radius 1 is 0.441 bits per heavy atom. The quantitative estimate of drug-likeness (QED) is 0.125. The molecule has 10 heteroatoms. The summed E-state index contributed by atoms with van der Waals surface area (Å²) in [7, 11) is 6.53. The summed E-state index contributed by atoms with van der Waals surface area (Å²) in [6.07, 6.45) is 0.813. The van der Waals surface area contributed by atoms with Crippen molar-refractivity contribution in [2.24, 2.45) is 5.41 Å². The molecular formula is C49H44N4O6. The number of aromatic amines is 2. The second-order valence-electron chi connectivity index (χ2n) is 15.3. The number of hydrogen-bond donors (Lipinski definition) is 2. The summed E-state index contributed by atoms with van der Waals surface area (Å²) < 4.78 is 21.6. The number of hydrogen-bond acceptors (Lipinski definition) is 8. The first kappa shape index (κ1) is 38.7. The van der Waals surface area contributed by atoms with Crippen LogP contribution in [0.2, 0.25) is 0 Å². The van der Waals surface area contributed by atoms with Crippen LogP contribution in [0.15, 0.2) is 131 Å². The Labute approximate surface area is 341 Å². The average Bonchev–Trinajstić information content (AvgIpc) is 3.25. The fourth-order valence-corrected chi connectivity index (χ4v) is 7.60. The molecule has 10 nitrogen and oxygen atoms in total. The maximum absolute atomic E-state index is 14.0. The van der Waals surface area contributed by atoms with Crippen molar-refractivity contribution in [1.82, 2.24) is 19.9 Å². The number of H-pyrrole nitrogens is 2. The highest BCUT2D eigenvalue weighted by Crippen LogP contribution is 2.36.